The topological polar surface area (TPSA) is 41.1 Å². The van der Waals surface area contributed by atoms with Crippen LogP contribution in [-0.2, 0) is 0 Å². The van der Waals surface area contributed by atoms with Crippen LogP contribution in [0.5, 0.6) is 0 Å². The summed E-state index contributed by atoms with van der Waals surface area (Å²) in [5.41, 5.74) is 2.65. The van der Waals surface area contributed by atoms with Crippen molar-refractivity contribution in [3.05, 3.63) is 72.3 Å². The number of anilines is 2. The van der Waals surface area contributed by atoms with Crippen LogP contribution in [0.15, 0.2) is 66.7 Å². The molecule has 0 aliphatic rings. The van der Waals surface area contributed by atoms with E-state index in [-0.39, 0.29) is 6.03 Å². The molecule has 3 aromatic rings. The zero-order valence-corrected chi connectivity index (χ0v) is 11.8. The van der Waals surface area contributed by atoms with Crippen LogP contribution in [-0.4, -0.2) is 6.03 Å². The smallest absolute Gasteiger partial charge is 0.307 e. The fraction of sp³-hybridized carbons (Fsp3) is 0.0556. The zero-order valence-electron chi connectivity index (χ0n) is 11.8. The van der Waals surface area contributed by atoms with Crippen molar-refractivity contribution >= 4 is 28.2 Å². The van der Waals surface area contributed by atoms with Crippen LogP contribution in [0.2, 0.25) is 0 Å². The lowest BCUT2D eigenvalue weighted by molar-refractivity contribution is 0.262. The van der Waals surface area contributed by atoms with Crippen LogP contribution in [0, 0.1) is 6.92 Å². The van der Waals surface area contributed by atoms with Crippen molar-refractivity contribution in [2.24, 2.45) is 0 Å². The molecule has 0 bridgehead atoms. The first-order chi connectivity index (χ1) is 10.2. The fourth-order valence-electron chi connectivity index (χ4n) is 2.32. The van der Waals surface area contributed by atoms with Gasteiger partial charge in [0.2, 0.25) is 0 Å². The van der Waals surface area contributed by atoms with Gasteiger partial charge in [-0.3, -0.25) is 0 Å². The number of urea groups is 1. The van der Waals surface area contributed by atoms with E-state index in [0.717, 1.165) is 27.7 Å². The lowest BCUT2D eigenvalue weighted by Crippen LogP contribution is -2.20. The molecule has 21 heavy (non-hydrogen) atoms. The number of hydrogen-bond acceptors (Lipinski definition) is 1. The van der Waals surface area contributed by atoms with E-state index in [1.54, 1.807) is 0 Å². The Labute approximate surface area is 123 Å². The quantitative estimate of drug-likeness (QED) is 0.694. The number of benzene rings is 3. The maximum Gasteiger partial charge on any atom is 0.323 e. The van der Waals surface area contributed by atoms with Crippen LogP contribution >= 0.6 is 0 Å². The summed E-state index contributed by atoms with van der Waals surface area (Å²) in [7, 11) is 0. The molecule has 2 amide bonds. The lowest BCUT2D eigenvalue weighted by atomic mass is 10.1. The van der Waals surface area contributed by atoms with E-state index in [2.05, 4.69) is 10.6 Å². The van der Waals surface area contributed by atoms with E-state index in [1.807, 2.05) is 73.7 Å². The van der Waals surface area contributed by atoms with Gasteiger partial charge in [-0.05, 0) is 30.0 Å². The van der Waals surface area contributed by atoms with Gasteiger partial charge in [0.25, 0.3) is 0 Å². The van der Waals surface area contributed by atoms with Gasteiger partial charge in [0.05, 0.1) is 5.69 Å². The van der Waals surface area contributed by atoms with E-state index in [9.17, 15) is 4.79 Å². The molecule has 104 valence electrons. The van der Waals surface area contributed by atoms with Gasteiger partial charge in [0.15, 0.2) is 0 Å². The Bertz CT molecular complexity index is 791. The van der Waals surface area contributed by atoms with E-state index in [0.29, 0.717) is 0 Å². The number of carbonyl (C=O) groups is 1. The SMILES string of the molecule is Cc1ccccc1NC(=O)Nc1cccc2ccccc12. The molecule has 0 unspecified atom stereocenters. The minimum Gasteiger partial charge on any atom is -0.307 e. The second kappa shape index (κ2) is 5.67. The van der Waals surface area contributed by atoms with Crippen molar-refractivity contribution in [1.82, 2.24) is 0 Å². The Morgan fingerprint density at radius 1 is 0.762 bits per heavy atom. The molecule has 0 fully saturated rings. The van der Waals surface area contributed by atoms with Crippen LogP contribution in [0.1, 0.15) is 5.56 Å². The molecule has 0 spiro atoms. The molecule has 0 aliphatic carbocycles. The number of carbonyl (C=O) groups excluding carboxylic acids is 1. The van der Waals surface area contributed by atoms with Gasteiger partial charge >= 0.3 is 6.03 Å². The summed E-state index contributed by atoms with van der Waals surface area (Å²) in [5, 5.41) is 7.91. The molecular formula is C18H16N2O. The van der Waals surface area contributed by atoms with E-state index in [4.69, 9.17) is 0 Å². The van der Waals surface area contributed by atoms with Crippen LogP contribution in [0.4, 0.5) is 16.2 Å². The summed E-state index contributed by atoms with van der Waals surface area (Å²) in [6.07, 6.45) is 0. The standard InChI is InChI=1S/C18H16N2O/c1-13-7-2-5-11-16(13)19-18(21)20-17-12-6-9-14-8-3-4-10-15(14)17/h2-12H,1H3,(H2,19,20,21). The molecule has 0 saturated heterocycles. The molecule has 0 radical (unpaired) electrons. The number of rotatable bonds is 2. The first kappa shape index (κ1) is 13.2. The van der Waals surface area contributed by atoms with Gasteiger partial charge in [0, 0.05) is 11.1 Å². The Morgan fingerprint density at radius 2 is 1.38 bits per heavy atom. The minimum atomic E-state index is -0.236. The highest BCUT2D eigenvalue weighted by molar-refractivity contribution is 6.06. The van der Waals surface area contributed by atoms with Gasteiger partial charge in [0.1, 0.15) is 0 Å². The summed E-state index contributed by atoms with van der Waals surface area (Å²) in [5.74, 6) is 0. The van der Waals surface area contributed by atoms with Gasteiger partial charge < -0.3 is 10.6 Å². The van der Waals surface area contributed by atoms with E-state index >= 15 is 0 Å². The molecule has 0 saturated carbocycles. The van der Waals surface area contributed by atoms with Crippen LogP contribution in [0.3, 0.4) is 0 Å². The predicted molar refractivity (Wildman–Crippen MR) is 87.8 cm³/mol. The van der Waals surface area contributed by atoms with Crippen LogP contribution in [0.25, 0.3) is 10.8 Å². The summed E-state index contributed by atoms with van der Waals surface area (Å²) in [6.45, 7) is 1.97. The molecule has 3 nitrogen and oxygen atoms in total. The first-order valence-corrected chi connectivity index (χ1v) is 6.85. The molecule has 0 aromatic heterocycles. The number of para-hydroxylation sites is 1. The molecule has 0 atom stereocenters. The third-order valence-electron chi connectivity index (χ3n) is 3.43. The van der Waals surface area contributed by atoms with Crippen LogP contribution < -0.4 is 10.6 Å². The van der Waals surface area contributed by atoms with E-state index in [1.165, 1.54) is 0 Å². The number of fused-ring (bicyclic) bond motifs is 1. The van der Waals surface area contributed by atoms with Gasteiger partial charge in [-0.1, -0.05) is 54.6 Å². The summed E-state index contributed by atoms with van der Waals surface area (Å²) >= 11 is 0. The third kappa shape index (κ3) is 2.87. The van der Waals surface area contributed by atoms with Gasteiger partial charge in [-0.2, -0.15) is 0 Å². The summed E-state index contributed by atoms with van der Waals surface area (Å²) in [4.78, 5) is 12.2. The largest absolute Gasteiger partial charge is 0.323 e. The van der Waals surface area contributed by atoms with E-state index < -0.39 is 0 Å². The fourth-order valence-corrected chi connectivity index (χ4v) is 2.32. The van der Waals surface area contributed by atoms with Crippen molar-refractivity contribution < 1.29 is 4.79 Å². The van der Waals surface area contributed by atoms with Crippen molar-refractivity contribution in [3.8, 4) is 0 Å². The number of aryl methyl sites for hydroxylation is 1. The predicted octanol–water partition coefficient (Wildman–Crippen LogP) is 4.79. The third-order valence-corrected chi connectivity index (χ3v) is 3.43. The zero-order chi connectivity index (χ0) is 14.7. The molecule has 0 heterocycles. The minimum absolute atomic E-state index is 0.236. The Kier molecular flexibility index (Phi) is 3.56. The molecule has 0 aliphatic heterocycles. The van der Waals surface area contributed by atoms with Gasteiger partial charge in [-0.15, -0.1) is 0 Å². The van der Waals surface area contributed by atoms with Crippen molar-refractivity contribution in [1.29, 1.82) is 0 Å². The van der Waals surface area contributed by atoms with Crippen molar-refractivity contribution in [2.75, 3.05) is 10.6 Å². The average molecular weight is 276 g/mol. The van der Waals surface area contributed by atoms with Crippen molar-refractivity contribution in [3.63, 3.8) is 0 Å². The number of nitrogens with one attached hydrogen (secondary N) is 2. The summed E-state index contributed by atoms with van der Waals surface area (Å²) in [6, 6.07) is 21.3. The van der Waals surface area contributed by atoms with Crippen molar-refractivity contribution in [2.45, 2.75) is 6.92 Å². The second-order valence-electron chi connectivity index (χ2n) is 4.92. The highest BCUT2D eigenvalue weighted by Gasteiger charge is 2.06. The Balaban J connectivity index is 1.82. The average Bonchev–Trinajstić information content (AvgIpc) is 2.50. The maximum absolute atomic E-state index is 12.2. The van der Waals surface area contributed by atoms with Gasteiger partial charge in [-0.25, -0.2) is 4.79 Å². The second-order valence-corrected chi connectivity index (χ2v) is 4.92. The molecule has 3 rings (SSSR count). The highest BCUT2D eigenvalue weighted by atomic mass is 16.2. The number of amides is 2. The first-order valence-electron chi connectivity index (χ1n) is 6.85. The molecule has 2 N–H and O–H groups in total. The Morgan fingerprint density at radius 3 is 2.24 bits per heavy atom. The summed E-state index contributed by atoms with van der Waals surface area (Å²) < 4.78 is 0. The lowest BCUT2D eigenvalue weighted by Gasteiger charge is -2.11. The monoisotopic (exact) mass is 276 g/mol. The highest BCUT2D eigenvalue weighted by Crippen LogP contribution is 2.23. The molecular weight excluding hydrogens is 260 g/mol. The maximum atomic E-state index is 12.2. The number of hydrogen-bond donors (Lipinski definition) is 2. The normalized spacial score (nSPS) is 10.3. The Hall–Kier alpha value is -2.81. The molecule has 3 heteroatoms. The molecule has 3 aromatic carbocycles.